The van der Waals surface area contributed by atoms with Gasteiger partial charge in [-0.15, -0.1) is 0 Å². The number of carbonyl (C=O) groups excluding carboxylic acids is 2. The summed E-state index contributed by atoms with van der Waals surface area (Å²) in [5, 5.41) is 54.3. The number of rotatable bonds is 65. The highest BCUT2D eigenvalue weighted by molar-refractivity contribution is 5.76. The standard InChI is InChI=1S/C77H139NO10/c1-3-5-7-9-11-13-15-41-45-49-53-57-61-65-73(82)86-66-62-58-54-50-46-43-40-38-36-34-32-30-28-26-24-22-20-18-16-17-19-21-23-25-27-29-31-33-35-37-39-42-44-48-52-56-60-64-72(81)78-69(68-87-77-76(85)75(84)74(83)71(67-79)88-77)70(80)63-59-55-51-47-14-12-10-8-6-4-2/h7,9,13-16,18,22,24,47,59,63,69-71,74-77,79-80,83-85H,3-6,8,10-12,17,19-21,23,25-46,48-58,60-62,64-68H2,1-2H3,(H,78,81)/b9-7-,15-13-,18-16-,24-22-,47-14+,63-59+. The second-order valence-electron chi connectivity index (χ2n) is 25.6. The van der Waals surface area contributed by atoms with Crippen molar-refractivity contribution >= 4 is 11.9 Å². The number of allylic oxidation sites excluding steroid dienone is 11. The fraction of sp³-hybridized carbons (Fsp3) is 0.818. The minimum Gasteiger partial charge on any atom is -0.466 e. The summed E-state index contributed by atoms with van der Waals surface area (Å²) in [5.41, 5.74) is 0. The first-order chi connectivity index (χ1) is 43.2. The van der Waals surface area contributed by atoms with Gasteiger partial charge >= 0.3 is 5.97 Å². The van der Waals surface area contributed by atoms with Crippen LogP contribution in [0.1, 0.15) is 341 Å². The molecule has 1 heterocycles. The Balaban J connectivity index is 1.91. The highest BCUT2D eigenvalue weighted by Gasteiger charge is 2.44. The van der Waals surface area contributed by atoms with Crippen molar-refractivity contribution in [3.05, 3.63) is 72.9 Å². The van der Waals surface area contributed by atoms with E-state index in [1.54, 1.807) is 6.08 Å². The van der Waals surface area contributed by atoms with Crippen molar-refractivity contribution in [2.75, 3.05) is 19.8 Å². The molecule has 0 radical (unpaired) electrons. The quantitative estimate of drug-likeness (QED) is 0.0195. The summed E-state index contributed by atoms with van der Waals surface area (Å²) in [6, 6.07) is -0.825. The lowest BCUT2D eigenvalue weighted by molar-refractivity contribution is -0.302. The van der Waals surface area contributed by atoms with E-state index in [0.717, 1.165) is 70.6 Å². The molecule has 7 atom stereocenters. The molecular weight excluding hydrogens is 1100 g/mol. The van der Waals surface area contributed by atoms with Crippen molar-refractivity contribution < 1.29 is 49.3 Å². The summed E-state index contributed by atoms with van der Waals surface area (Å²) in [6.45, 7) is 4.25. The molecule has 1 amide bonds. The lowest BCUT2D eigenvalue weighted by Gasteiger charge is -2.40. The van der Waals surface area contributed by atoms with Crippen LogP contribution in [0, 0.1) is 0 Å². The third-order valence-electron chi connectivity index (χ3n) is 17.2. The Morgan fingerprint density at radius 2 is 0.795 bits per heavy atom. The fourth-order valence-corrected chi connectivity index (χ4v) is 11.4. The zero-order valence-electron chi connectivity index (χ0n) is 56.9. The van der Waals surface area contributed by atoms with E-state index in [9.17, 15) is 35.1 Å². The normalized spacial score (nSPS) is 18.2. The first kappa shape index (κ1) is 83.1. The molecule has 0 aromatic carbocycles. The van der Waals surface area contributed by atoms with Gasteiger partial charge in [0.15, 0.2) is 6.29 Å². The second-order valence-corrected chi connectivity index (χ2v) is 25.6. The minimum atomic E-state index is -1.58. The number of carbonyl (C=O) groups is 2. The summed E-state index contributed by atoms with van der Waals surface area (Å²) < 4.78 is 16.7. The lowest BCUT2D eigenvalue weighted by Crippen LogP contribution is -2.60. The van der Waals surface area contributed by atoms with E-state index < -0.39 is 49.5 Å². The fourth-order valence-electron chi connectivity index (χ4n) is 11.4. The largest absolute Gasteiger partial charge is 0.466 e. The van der Waals surface area contributed by atoms with E-state index in [4.69, 9.17) is 14.2 Å². The topological polar surface area (TPSA) is 175 Å². The van der Waals surface area contributed by atoms with E-state index in [-0.39, 0.29) is 18.5 Å². The zero-order chi connectivity index (χ0) is 63.7. The number of hydrogen-bond donors (Lipinski definition) is 6. The van der Waals surface area contributed by atoms with Gasteiger partial charge in [0.05, 0.1) is 32.0 Å². The molecule has 1 saturated heterocycles. The van der Waals surface area contributed by atoms with Crippen LogP contribution in [0.4, 0.5) is 0 Å². The molecule has 7 unspecified atom stereocenters. The Labute approximate surface area is 541 Å². The predicted molar refractivity (Wildman–Crippen MR) is 370 cm³/mol. The van der Waals surface area contributed by atoms with Gasteiger partial charge in [0.2, 0.25) is 5.91 Å². The monoisotopic (exact) mass is 1240 g/mol. The van der Waals surface area contributed by atoms with E-state index in [2.05, 4.69) is 79.9 Å². The van der Waals surface area contributed by atoms with Gasteiger partial charge in [-0.3, -0.25) is 9.59 Å². The summed E-state index contributed by atoms with van der Waals surface area (Å²) >= 11 is 0. The van der Waals surface area contributed by atoms with Crippen LogP contribution in [0.25, 0.3) is 0 Å². The number of hydrogen-bond acceptors (Lipinski definition) is 10. The van der Waals surface area contributed by atoms with Crippen molar-refractivity contribution in [2.45, 2.75) is 384 Å². The molecule has 512 valence electrons. The van der Waals surface area contributed by atoms with Gasteiger partial charge < -0.3 is 45.1 Å². The van der Waals surface area contributed by atoms with E-state index in [0.29, 0.717) is 19.4 Å². The Morgan fingerprint density at radius 1 is 0.420 bits per heavy atom. The van der Waals surface area contributed by atoms with E-state index in [1.165, 1.54) is 244 Å². The average Bonchev–Trinajstić information content (AvgIpc) is 2.84. The van der Waals surface area contributed by atoms with E-state index >= 15 is 0 Å². The van der Waals surface area contributed by atoms with Crippen LogP contribution in [0.3, 0.4) is 0 Å². The number of aliphatic hydroxyl groups excluding tert-OH is 5. The van der Waals surface area contributed by atoms with E-state index in [1.807, 2.05) is 6.08 Å². The van der Waals surface area contributed by atoms with Crippen LogP contribution < -0.4 is 5.32 Å². The van der Waals surface area contributed by atoms with Gasteiger partial charge in [-0.25, -0.2) is 0 Å². The summed E-state index contributed by atoms with van der Waals surface area (Å²) in [7, 11) is 0. The molecule has 1 aliphatic rings. The van der Waals surface area contributed by atoms with Crippen molar-refractivity contribution in [2.24, 2.45) is 0 Å². The molecular formula is C77H139NO10. The Bertz CT molecular complexity index is 1690. The summed E-state index contributed by atoms with van der Waals surface area (Å²) in [6.07, 6.45) is 79.3. The summed E-state index contributed by atoms with van der Waals surface area (Å²) in [5.74, 6) is -0.194. The first-order valence-electron chi connectivity index (χ1n) is 37.2. The molecule has 0 aromatic rings. The van der Waals surface area contributed by atoms with Crippen LogP contribution in [-0.2, 0) is 23.8 Å². The molecule has 1 fully saturated rings. The molecule has 11 nitrogen and oxygen atoms in total. The SMILES string of the molecule is CCC/C=C\C/C=C\CCCCCCCC(=O)OCCCCCCCCCCCCCCC/C=C\C/C=C\CCCCCCCCCCCCCCCCCCCC(=O)NC(COC1OC(CO)C(O)C(O)C1O)C(O)/C=C/CC/C=C/CCCCCC. The molecule has 88 heavy (non-hydrogen) atoms. The third-order valence-corrected chi connectivity index (χ3v) is 17.2. The van der Waals surface area contributed by atoms with Crippen LogP contribution in [0.5, 0.6) is 0 Å². The van der Waals surface area contributed by atoms with Crippen molar-refractivity contribution in [3.63, 3.8) is 0 Å². The van der Waals surface area contributed by atoms with Gasteiger partial charge in [-0.05, 0) is 103 Å². The second kappa shape index (κ2) is 65.6. The molecule has 0 aliphatic carbocycles. The number of ether oxygens (including phenoxy) is 3. The Hall–Kier alpha value is -2.90. The maximum absolute atomic E-state index is 13.0. The van der Waals surface area contributed by atoms with Crippen LogP contribution in [0.15, 0.2) is 72.9 Å². The number of nitrogens with one attached hydrogen (secondary N) is 1. The molecule has 0 aromatic heterocycles. The van der Waals surface area contributed by atoms with Gasteiger partial charge in [0, 0.05) is 12.8 Å². The van der Waals surface area contributed by atoms with Gasteiger partial charge in [-0.2, -0.15) is 0 Å². The maximum Gasteiger partial charge on any atom is 0.305 e. The highest BCUT2D eigenvalue weighted by Crippen LogP contribution is 2.23. The minimum absolute atomic E-state index is 0.00342. The molecule has 11 heteroatoms. The average molecular weight is 1240 g/mol. The van der Waals surface area contributed by atoms with Gasteiger partial charge in [0.25, 0.3) is 0 Å². The van der Waals surface area contributed by atoms with Crippen LogP contribution in [-0.4, -0.2) is 100 Å². The van der Waals surface area contributed by atoms with Crippen LogP contribution in [0.2, 0.25) is 0 Å². The third kappa shape index (κ3) is 53.7. The zero-order valence-corrected chi connectivity index (χ0v) is 56.9. The number of unbranched alkanes of at least 4 members (excludes halogenated alkanes) is 41. The molecule has 0 saturated carbocycles. The van der Waals surface area contributed by atoms with Crippen molar-refractivity contribution in [1.82, 2.24) is 5.32 Å². The molecule has 6 N–H and O–H groups in total. The van der Waals surface area contributed by atoms with Gasteiger partial charge in [0.1, 0.15) is 24.4 Å². The maximum atomic E-state index is 13.0. The van der Waals surface area contributed by atoms with Crippen molar-refractivity contribution in [1.29, 1.82) is 0 Å². The molecule has 1 rings (SSSR count). The molecule has 0 bridgehead atoms. The smallest absolute Gasteiger partial charge is 0.305 e. The molecule has 0 spiro atoms. The first-order valence-corrected chi connectivity index (χ1v) is 37.2. The lowest BCUT2D eigenvalue weighted by atomic mass is 9.99. The van der Waals surface area contributed by atoms with Gasteiger partial charge in [-0.1, -0.05) is 299 Å². The number of aliphatic hydroxyl groups is 5. The summed E-state index contributed by atoms with van der Waals surface area (Å²) in [4.78, 5) is 25.1. The Morgan fingerprint density at radius 3 is 1.24 bits per heavy atom. The van der Waals surface area contributed by atoms with Crippen LogP contribution >= 0.6 is 0 Å². The van der Waals surface area contributed by atoms with Crippen molar-refractivity contribution in [3.8, 4) is 0 Å². The number of amides is 1. The highest BCUT2D eigenvalue weighted by atomic mass is 16.7. The number of esters is 1. The predicted octanol–water partition coefficient (Wildman–Crippen LogP) is 19.5. The Kier molecular flexibility index (Phi) is 61.9. The molecule has 1 aliphatic heterocycles.